The predicted octanol–water partition coefficient (Wildman–Crippen LogP) is 2.65. The van der Waals surface area contributed by atoms with E-state index in [4.69, 9.17) is 4.74 Å². The zero-order valence-electron chi connectivity index (χ0n) is 10.2. The summed E-state index contributed by atoms with van der Waals surface area (Å²) in [5.74, 6) is 0.309. The Morgan fingerprint density at radius 2 is 1.88 bits per heavy atom. The predicted molar refractivity (Wildman–Crippen MR) is 66.4 cm³/mol. The average molecular weight is 222 g/mol. The Kier molecular flexibility index (Phi) is 6.12. The monoisotopic (exact) mass is 222 g/mol. The number of hydrogen-bond donors (Lipinski definition) is 1. The minimum atomic E-state index is -0.227. The van der Waals surface area contributed by atoms with E-state index in [2.05, 4.69) is 19.1 Å². The van der Waals surface area contributed by atoms with Crippen molar-refractivity contribution in [3.63, 3.8) is 0 Å². The van der Waals surface area contributed by atoms with Crippen LogP contribution in [0.1, 0.15) is 25.3 Å². The molecule has 2 atom stereocenters. The molecule has 0 heterocycles. The molecule has 0 aliphatic rings. The number of aliphatic hydroxyl groups excluding tert-OH is 1. The lowest BCUT2D eigenvalue weighted by molar-refractivity contribution is 0.0822. The van der Waals surface area contributed by atoms with Gasteiger partial charge in [-0.05, 0) is 30.7 Å². The molecule has 1 N–H and O–H groups in total. The number of aliphatic hydroxyl groups is 1. The zero-order chi connectivity index (χ0) is 11.8. The van der Waals surface area contributed by atoms with E-state index in [1.54, 1.807) is 7.11 Å². The van der Waals surface area contributed by atoms with Crippen LogP contribution >= 0.6 is 0 Å². The van der Waals surface area contributed by atoms with Crippen LogP contribution in [0.15, 0.2) is 30.3 Å². The summed E-state index contributed by atoms with van der Waals surface area (Å²) in [6.45, 7) is 2.80. The summed E-state index contributed by atoms with van der Waals surface area (Å²) >= 11 is 0. The molecule has 0 fully saturated rings. The van der Waals surface area contributed by atoms with E-state index in [9.17, 15) is 5.11 Å². The number of hydrogen-bond acceptors (Lipinski definition) is 2. The highest BCUT2D eigenvalue weighted by molar-refractivity contribution is 5.14. The van der Waals surface area contributed by atoms with Gasteiger partial charge >= 0.3 is 0 Å². The van der Waals surface area contributed by atoms with Crippen LogP contribution in [-0.2, 0) is 11.2 Å². The normalized spacial score (nSPS) is 14.7. The van der Waals surface area contributed by atoms with E-state index in [-0.39, 0.29) is 6.10 Å². The summed E-state index contributed by atoms with van der Waals surface area (Å²) in [5.41, 5.74) is 1.29. The van der Waals surface area contributed by atoms with Gasteiger partial charge < -0.3 is 9.84 Å². The Morgan fingerprint density at radius 1 is 1.19 bits per heavy atom. The van der Waals surface area contributed by atoms with Gasteiger partial charge in [-0.25, -0.2) is 0 Å². The molecule has 16 heavy (non-hydrogen) atoms. The Morgan fingerprint density at radius 3 is 2.50 bits per heavy atom. The minimum absolute atomic E-state index is 0.227. The van der Waals surface area contributed by atoms with Gasteiger partial charge in [0, 0.05) is 13.7 Å². The first-order valence-corrected chi connectivity index (χ1v) is 5.95. The fraction of sp³-hybridized carbons (Fsp3) is 0.571. The van der Waals surface area contributed by atoms with Gasteiger partial charge in [-0.2, -0.15) is 0 Å². The van der Waals surface area contributed by atoms with Crippen LogP contribution < -0.4 is 0 Å². The third-order valence-corrected chi connectivity index (χ3v) is 3.01. The Hall–Kier alpha value is -0.860. The van der Waals surface area contributed by atoms with Gasteiger partial charge in [0.25, 0.3) is 0 Å². The van der Waals surface area contributed by atoms with Crippen molar-refractivity contribution in [2.75, 3.05) is 13.7 Å². The third kappa shape index (κ3) is 4.77. The fourth-order valence-corrected chi connectivity index (χ4v) is 1.74. The summed E-state index contributed by atoms with van der Waals surface area (Å²) in [6, 6.07) is 10.3. The smallest absolute Gasteiger partial charge is 0.0569 e. The second-order valence-electron chi connectivity index (χ2n) is 4.35. The molecule has 0 spiro atoms. The Bertz CT molecular complexity index is 271. The molecule has 0 aliphatic carbocycles. The lowest BCUT2D eigenvalue weighted by atomic mass is 9.95. The summed E-state index contributed by atoms with van der Waals surface area (Å²) in [4.78, 5) is 0. The van der Waals surface area contributed by atoms with Gasteiger partial charge in [0.2, 0.25) is 0 Å². The molecular weight excluding hydrogens is 200 g/mol. The minimum Gasteiger partial charge on any atom is -0.393 e. The number of aryl methyl sites for hydroxylation is 1. The van der Waals surface area contributed by atoms with Crippen molar-refractivity contribution in [3.05, 3.63) is 35.9 Å². The van der Waals surface area contributed by atoms with Gasteiger partial charge in [0.05, 0.1) is 6.10 Å². The molecule has 0 aromatic heterocycles. The lowest BCUT2D eigenvalue weighted by Gasteiger charge is -2.18. The van der Waals surface area contributed by atoms with E-state index in [0.717, 1.165) is 25.9 Å². The molecule has 1 aromatic carbocycles. The molecule has 0 bridgehead atoms. The van der Waals surface area contributed by atoms with E-state index in [1.807, 2.05) is 18.2 Å². The maximum atomic E-state index is 9.95. The SMILES string of the molecule is COCCC(C)C(O)CCc1ccccc1. The average Bonchev–Trinajstić information content (AvgIpc) is 2.34. The molecule has 2 heteroatoms. The molecular formula is C14H22O2. The first-order valence-electron chi connectivity index (χ1n) is 5.95. The van der Waals surface area contributed by atoms with Crippen molar-refractivity contribution in [2.24, 2.45) is 5.92 Å². The van der Waals surface area contributed by atoms with E-state index in [1.165, 1.54) is 5.56 Å². The number of methoxy groups -OCH3 is 1. The van der Waals surface area contributed by atoms with Crippen LogP contribution in [0.3, 0.4) is 0 Å². The summed E-state index contributed by atoms with van der Waals surface area (Å²) in [5, 5.41) is 9.95. The molecule has 0 radical (unpaired) electrons. The summed E-state index contributed by atoms with van der Waals surface area (Å²) in [6.07, 6.45) is 2.47. The van der Waals surface area contributed by atoms with E-state index in [0.29, 0.717) is 5.92 Å². The largest absolute Gasteiger partial charge is 0.393 e. The molecule has 1 aromatic rings. The van der Waals surface area contributed by atoms with Crippen LogP contribution in [0, 0.1) is 5.92 Å². The second-order valence-corrected chi connectivity index (χ2v) is 4.35. The molecule has 0 aliphatic heterocycles. The fourth-order valence-electron chi connectivity index (χ4n) is 1.74. The first-order chi connectivity index (χ1) is 7.74. The summed E-state index contributed by atoms with van der Waals surface area (Å²) < 4.78 is 5.01. The van der Waals surface area contributed by atoms with Gasteiger partial charge in [0.15, 0.2) is 0 Å². The van der Waals surface area contributed by atoms with E-state index >= 15 is 0 Å². The molecule has 0 saturated heterocycles. The molecule has 1 rings (SSSR count). The van der Waals surface area contributed by atoms with Crippen molar-refractivity contribution in [2.45, 2.75) is 32.3 Å². The summed E-state index contributed by atoms with van der Waals surface area (Å²) in [7, 11) is 1.70. The van der Waals surface area contributed by atoms with Crippen LogP contribution in [-0.4, -0.2) is 24.9 Å². The van der Waals surface area contributed by atoms with Gasteiger partial charge in [-0.1, -0.05) is 37.3 Å². The van der Waals surface area contributed by atoms with Gasteiger partial charge in [0.1, 0.15) is 0 Å². The quantitative estimate of drug-likeness (QED) is 0.768. The van der Waals surface area contributed by atoms with Crippen LogP contribution in [0.4, 0.5) is 0 Å². The maximum absolute atomic E-state index is 9.95. The second kappa shape index (κ2) is 7.42. The number of rotatable bonds is 7. The Balaban J connectivity index is 2.26. The van der Waals surface area contributed by atoms with Gasteiger partial charge in [-0.15, -0.1) is 0 Å². The topological polar surface area (TPSA) is 29.5 Å². The van der Waals surface area contributed by atoms with Crippen molar-refractivity contribution in [3.8, 4) is 0 Å². The van der Waals surface area contributed by atoms with Crippen LogP contribution in [0.5, 0.6) is 0 Å². The standard InChI is InChI=1S/C14H22O2/c1-12(10-11-16-2)14(15)9-8-13-6-4-3-5-7-13/h3-7,12,14-15H,8-11H2,1-2H3. The zero-order valence-corrected chi connectivity index (χ0v) is 10.2. The highest BCUT2D eigenvalue weighted by atomic mass is 16.5. The van der Waals surface area contributed by atoms with E-state index < -0.39 is 0 Å². The highest BCUT2D eigenvalue weighted by Gasteiger charge is 2.13. The molecule has 0 saturated carbocycles. The number of ether oxygens (including phenoxy) is 1. The Labute approximate surface area is 98.3 Å². The maximum Gasteiger partial charge on any atom is 0.0569 e. The van der Waals surface area contributed by atoms with Crippen molar-refractivity contribution in [1.82, 2.24) is 0 Å². The van der Waals surface area contributed by atoms with Crippen LogP contribution in [0.25, 0.3) is 0 Å². The lowest BCUT2D eigenvalue weighted by Crippen LogP contribution is -2.19. The third-order valence-electron chi connectivity index (χ3n) is 3.01. The molecule has 90 valence electrons. The van der Waals surface area contributed by atoms with Crippen LogP contribution in [0.2, 0.25) is 0 Å². The first kappa shape index (κ1) is 13.2. The van der Waals surface area contributed by atoms with Crippen molar-refractivity contribution in [1.29, 1.82) is 0 Å². The van der Waals surface area contributed by atoms with Gasteiger partial charge in [-0.3, -0.25) is 0 Å². The van der Waals surface area contributed by atoms with Crippen molar-refractivity contribution < 1.29 is 9.84 Å². The molecule has 2 unspecified atom stereocenters. The molecule has 2 nitrogen and oxygen atoms in total. The van der Waals surface area contributed by atoms with Crippen molar-refractivity contribution >= 4 is 0 Å². The molecule has 0 amide bonds. The highest BCUT2D eigenvalue weighted by Crippen LogP contribution is 2.14. The number of benzene rings is 1.